The van der Waals surface area contributed by atoms with Crippen LogP contribution in [0.2, 0.25) is 0 Å². The molecule has 1 saturated carbocycles. The Morgan fingerprint density at radius 1 is 1.07 bits per heavy atom. The normalized spacial score (nSPS) is 24.6. The van der Waals surface area contributed by atoms with Gasteiger partial charge in [0.05, 0.1) is 4.90 Å². The Labute approximate surface area is 255 Å². The van der Waals surface area contributed by atoms with Crippen LogP contribution < -0.4 is 15.4 Å². The second kappa shape index (κ2) is 12.3. The number of sulfonamides is 1. The highest BCUT2D eigenvalue weighted by Gasteiger charge is 2.62. The number of alkyl carbamates (subject to hydrolysis) is 1. The van der Waals surface area contributed by atoms with Crippen LogP contribution in [0.25, 0.3) is 0 Å². The van der Waals surface area contributed by atoms with Crippen molar-refractivity contribution in [3.8, 4) is 0 Å². The van der Waals surface area contributed by atoms with Crippen LogP contribution in [0.4, 0.5) is 4.79 Å². The van der Waals surface area contributed by atoms with Crippen molar-refractivity contribution in [2.45, 2.75) is 96.4 Å². The molecule has 12 heteroatoms. The molecule has 1 aliphatic carbocycles. The van der Waals surface area contributed by atoms with Crippen molar-refractivity contribution in [1.82, 2.24) is 20.3 Å². The van der Waals surface area contributed by atoms with Crippen LogP contribution in [0.1, 0.15) is 68.2 Å². The molecule has 2 unspecified atom stereocenters. The van der Waals surface area contributed by atoms with Gasteiger partial charge in [0, 0.05) is 12.5 Å². The van der Waals surface area contributed by atoms with Crippen LogP contribution in [-0.4, -0.2) is 66.9 Å². The number of carbonyl (C=O) groups is 4. The maximum absolute atomic E-state index is 14.1. The Hall–Kier alpha value is -3.41. The van der Waals surface area contributed by atoms with E-state index < -0.39 is 68.4 Å². The number of rotatable bonds is 9. The van der Waals surface area contributed by atoms with Gasteiger partial charge < -0.3 is 20.3 Å². The average molecular weight is 619 g/mol. The monoisotopic (exact) mass is 618 g/mol. The largest absolute Gasteiger partial charge is 0.444 e. The molecule has 1 aromatic carbocycles. The van der Waals surface area contributed by atoms with Crippen molar-refractivity contribution in [1.29, 1.82) is 0 Å². The highest BCUT2D eigenvalue weighted by Crippen LogP contribution is 2.45. The first-order chi connectivity index (χ1) is 19.7. The minimum atomic E-state index is -4.19. The van der Waals surface area contributed by atoms with Gasteiger partial charge >= 0.3 is 6.09 Å². The molecule has 0 aromatic heterocycles. The lowest BCUT2D eigenvalue weighted by Crippen LogP contribution is -2.61. The molecule has 0 spiro atoms. The van der Waals surface area contributed by atoms with Gasteiger partial charge in [0.2, 0.25) is 11.8 Å². The third-order valence-electron chi connectivity index (χ3n) is 7.96. The summed E-state index contributed by atoms with van der Waals surface area (Å²) in [6.07, 6.45) is 1.46. The van der Waals surface area contributed by atoms with E-state index in [1.54, 1.807) is 39.0 Å². The topological polar surface area (TPSA) is 151 Å². The summed E-state index contributed by atoms with van der Waals surface area (Å²) in [5.41, 5.74) is -3.02. The number of carbonyl (C=O) groups excluding carboxylic acids is 4. The molecule has 3 rings (SSSR count). The molecule has 2 fully saturated rings. The molecule has 238 valence electrons. The number of benzene rings is 1. The fourth-order valence-electron chi connectivity index (χ4n) is 5.54. The summed E-state index contributed by atoms with van der Waals surface area (Å²) in [6, 6.07) is 5.53. The van der Waals surface area contributed by atoms with Gasteiger partial charge in [-0.3, -0.25) is 14.4 Å². The Kier molecular flexibility index (Phi) is 9.75. The van der Waals surface area contributed by atoms with E-state index in [1.165, 1.54) is 23.1 Å². The number of amides is 4. The molecule has 1 aromatic rings. The fourth-order valence-corrected chi connectivity index (χ4v) is 6.60. The summed E-state index contributed by atoms with van der Waals surface area (Å²) in [4.78, 5) is 55.6. The number of nitrogens with zero attached hydrogens (tertiary/aromatic N) is 1. The molecule has 3 N–H and O–H groups in total. The molecule has 0 radical (unpaired) electrons. The summed E-state index contributed by atoms with van der Waals surface area (Å²) in [5, 5.41) is 5.51. The van der Waals surface area contributed by atoms with Crippen LogP contribution >= 0.6 is 0 Å². The quantitative estimate of drug-likeness (QED) is 0.359. The lowest BCUT2D eigenvalue weighted by molar-refractivity contribution is -0.144. The Bertz CT molecular complexity index is 1350. The number of likely N-dealkylation sites (tertiary alicyclic amines) is 1. The van der Waals surface area contributed by atoms with E-state index in [4.69, 9.17) is 4.74 Å². The van der Waals surface area contributed by atoms with Gasteiger partial charge in [-0.05, 0) is 63.0 Å². The zero-order chi connectivity index (χ0) is 32.5. The van der Waals surface area contributed by atoms with Crippen molar-refractivity contribution in [3.05, 3.63) is 43.0 Å². The molecule has 1 aliphatic heterocycles. The first-order valence-electron chi connectivity index (χ1n) is 14.6. The van der Waals surface area contributed by atoms with Crippen LogP contribution in [-0.2, 0) is 29.1 Å². The number of nitrogens with one attached hydrogen (secondary N) is 3. The van der Waals surface area contributed by atoms with Gasteiger partial charge in [0.15, 0.2) is 0 Å². The van der Waals surface area contributed by atoms with E-state index in [2.05, 4.69) is 21.9 Å². The minimum Gasteiger partial charge on any atom is -0.444 e. The fraction of sp³-hybridized carbons (Fsp3) is 0.613. The third-order valence-corrected chi connectivity index (χ3v) is 9.30. The smallest absolute Gasteiger partial charge is 0.408 e. The number of ether oxygens (including phenoxy) is 1. The van der Waals surface area contributed by atoms with Gasteiger partial charge in [-0.25, -0.2) is 17.9 Å². The van der Waals surface area contributed by atoms with Crippen molar-refractivity contribution in [3.63, 3.8) is 0 Å². The van der Waals surface area contributed by atoms with E-state index in [-0.39, 0.29) is 29.7 Å². The van der Waals surface area contributed by atoms with Crippen molar-refractivity contribution >= 4 is 33.8 Å². The molecule has 2 aliphatic rings. The summed E-state index contributed by atoms with van der Waals surface area (Å²) < 4.78 is 33.3. The minimum absolute atomic E-state index is 0.0121. The molecule has 4 amide bonds. The standard InChI is InChI=1S/C31H46N4O7S/c1-10-20-18-31(20,27(38)34-43(40,41)21-14-12-11-13-15-21)33-25(36)23-22(19(2)3)16-17-35(23)26(37)24(29(4,5)6)32-28(39)42-30(7,8)9/h10-15,19-20,22-24H,1,16-18H2,2-9H3,(H,32,39)(H,33,36)(H,34,38)/t20-,22?,23?,24-,31-/m1/s1. The van der Waals surface area contributed by atoms with E-state index >= 15 is 0 Å². The Morgan fingerprint density at radius 2 is 1.67 bits per heavy atom. The molecular formula is C31H46N4O7S. The second-order valence-corrected chi connectivity index (χ2v) is 15.6. The first kappa shape index (κ1) is 34.1. The van der Waals surface area contributed by atoms with E-state index in [0.717, 1.165) is 0 Å². The first-order valence-corrected chi connectivity index (χ1v) is 16.1. The van der Waals surface area contributed by atoms with E-state index in [0.29, 0.717) is 6.42 Å². The highest BCUT2D eigenvalue weighted by atomic mass is 32.2. The van der Waals surface area contributed by atoms with Gasteiger partial charge in [0.1, 0.15) is 23.2 Å². The van der Waals surface area contributed by atoms with Crippen molar-refractivity contribution in [2.24, 2.45) is 23.2 Å². The van der Waals surface area contributed by atoms with Crippen molar-refractivity contribution in [2.75, 3.05) is 6.54 Å². The predicted molar refractivity (Wildman–Crippen MR) is 162 cm³/mol. The molecule has 43 heavy (non-hydrogen) atoms. The van der Waals surface area contributed by atoms with E-state index in [1.807, 2.05) is 34.6 Å². The van der Waals surface area contributed by atoms with Crippen molar-refractivity contribution < 1.29 is 32.3 Å². The van der Waals surface area contributed by atoms with Gasteiger partial charge in [-0.1, -0.05) is 58.9 Å². The van der Waals surface area contributed by atoms with Gasteiger partial charge in [0.25, 0.3) is 15.9 Å². The van der Waals surface area contributed by atoms with Crippen LogP contribution in [0.3, 0.4) is 0 Å². The van der Waals surface area contributed by atoms with Crippen LogP contribution in [0.5, 0.6) is 0 Å². The molecule has 5 atom stereocenters. The predicted octanol–water partition coefficient (Wildman–Crippen LogP) is 3.36. The SMILES string of the molecule is C=C[C@@H]1C[C@]1(NC(=O)C1C(C(C)C)CCN1C(=O)[C@@H](NC(=O)OC(C)(C)C)C(C)(C)C)C(=O)NS(=O)(=O)c1ccccc1. The van der Waals surface area contributed by atoms with Gasteiger partial charge in [-0.2, -0.15) is 0 Å². The number of hydrogen-bond donors (Lipinski definition) is 3. The Balaban J connectivity index is 1.89. The zero-order valence-electron chi connectivity index (χ0n) is 26.4. The van der Waals surface area contributed by atoms with Crippen LogP contribution in [0.15, 0.2) is 47.9 Å². The molecule has 1 saturated heterocycles. The maximum atomic E-state index is 14.1. The highest BCUT2D eigenvalue weighted by molar-refractivity contribution is 7.90. The van der Waals surface area contributed by atoms with E-state index in [9.17, 15) is 27.6 Å². The lowest BCUT2D eigenvalue weighted by atomic mass is 9.84. The molecule has 0 bridgehead atoms. The molecule has 11 nitrogen and oxygen atoms in total. The lowest BCUT2D eigenvalue weighted by Gasteiger charge is -2.37. The summed E-state index contributed by atoms with van der Waals surface area (Å²) in [6.45, 7) is 18.5. The summed E-state index contributed by atoms with van der Waals surface area (Å²) in [7, 11) is -4.19. The second-order valence-electron chi connectivity index (χ2n) is 13.9. The average Bonchev–Trinajstić information content (AvgIpc) is 3.41. The summed E-state index contributed by atoms with van der Waals surface area (Å²) >= 11 is 0. The van der Waals surface area contributed by atoms with Gasteiger partial charge in [-0.15, -0.1) is 6.58 Å². The molecule has 1 heterocycles. The summed E-state index contributed by atoms with van der Waals surface area (Å²) in [5.74, 6) is -2.60. The molecular weight excluding hydrogens is 572 g/mol. The maximum Gasteiger partial charge on any atom is 0.408 e. The third kappa shape index (κ3) is 7.76. The van der Waals surface area contributed by atoms with Crippen LogP contribution in [0, 0.1) is 23.2 Å². The number of hydrogen-bond acceptors (Lipinski definition) is 7. The Morgan fingerprint density at radius 3 is 2.16 bits per heavy atom. The zero-order valence-corrected chi connectivity index (χ0v) is 27.2.